The lowest BCUT2D eigenvalue weighted by atomic mass is 10.1. The summed E-state index contributed by atoms with van der Waals surface area (Å²) in [5, 5.41) is 4.25. The number of halogens is 3. The quantitative estimate of drug-likeness (QED) is 0.427. The van der Waals surface area contributed by atoms with Gasteiger partial charge >= 0.3 is 12.1 Å². The number of pyridine rings is 1. The van der Waals surface area contributed by atoms with E-state index in [9.17, 15) is 18.0 Å². The number of alkyl halides is 3. The van der Waals surface area contributed by atoms with Crippen molar-refractivity contribution in [2.75, 3.05) is 13.2 Å². The van der Waals surface area contributed by atoms with E-state index in [2.05, 4.69) is 10.1 Å². The summed E-state index contributed by atoms with van der Waals surface area (Å²) in [6.45, 7) is 10.7. The van der Waals surface area contributed by atoms with Gasteiger partial charge in [-0.25, -0.2) is 9.48 Å². The van der Waals surface area contributed by atoms with Crippen LogP contribution in [0.1, 0.15) is 61.8 Å². The van der Waals surface area contributed by atoms with Crippen LogP contribution in [0.4, 0.5) is 13.2 Å². The first kappa shape index (κ1) is 24.2. The first-order valence-corrected chi connectivity index (χ1v) is 9.70. The third-order valence-corrected chi connectivity index (χ3v) is 4.11. The summed E-state index contributed by atoms with van der Waals surface area (Å²) in [7, 11) is 0. The van der Waals surface area contributed by atoms with Gasteiger partial charge in [0.05, 0.1) is 31.2 Å². The Bertz CT molecular complexity index is 960. The number of carbonyl (C=O) groups is 1. The Morgan fingerprint density at radius 1 is 1.16 bits per heavy atom. The van der Waals surface area contributed by atoms with Crippen LogP contribution >= 0.6 is 0 Å². The molecule has 170 valence electrons. The van der Waals surface area contributed by atoms with Gasteiger partial charge < -0.3 is 14.2 Å². The Labute approximate surface area is 178 Å². The molecule has 0 atom stereocenters. The fourth-order valence-electron chi connectivity index (χ4n) is 2.73. The largest absolute Gasteiger partial charge is 0.501 e. The fraction of sp³-hybridized carbons (Fsp3) is 0.476. The molecule has 0 radical (unpaired) electrons. The van der Waals surface area contributed by atoms with Gasteiger partial charge in [0, 0.05) is 17.3 Å². The molecule has 7 nitrogen and oxygen atoms in total. The number of hydrogen-bond acceptors (Lipinski definition) is 6. The third-order valence-electron chi connectivity index (χ3n) is 4.11. The number of ether oxygens (including phenoxy) is 3. The Balaban J connectivity index is 2.65. The zero-order valence-electron chi connectivity index (χ0n) is 18.3. The van der Waals surface area contributed by atoms with Crippen molar-refractivity contribution >= 4 is 12.0 Å². The zero-order valence-corrected chi connectivity index (χ0v) is 18.3. The van der Waals surface area contributed by atoms with Crippen molar-refractivity contribution in [3.8, 4) is 11.6 Å². The lowest BCUT2D eigenvalue weighted by Gasteiger charge is -2.23. The molecule has 0 aromatic carbocycles. The molecular weight excluding hydrogens is 415 g/mol. The van der Waals surface area contributed by atoms with Crippen LogP contribution in [-0.4, -0.2) is 33.9 Å². The summed E-state index contributed by atoms with van der Waals surface area (Å²) in [4.78, 5) is 16.1. The van der Waals surface area contributed by atoms with E-state index in [0.29, 0.717) is 6.61 Å². The zero-order chi connectivity index (χ0) is 23.4. The molecule has 0 aliphatic carbocycles. The minimum absolute atomic E-state index is 0.00575. The van der Waals surface area contributed by atoms with E-state index >= 15 is 0 Å². The monoisotopic (exact) mass is 441 g/mol. The molecule has 0 unspecified atom stereocenters. The first-order chi connectivity index (χ1) is 14.4. The molecular formula is C21H26F3N3O4. The molecule has 0 N–H and O–H groups in total. The van der Waals surface area contributed by atoms with Crippen LogP contribution in [0.15, 0.2) is 18.7 Å². The average molecular weight is 441 g/mol. The summed E-state index contributed by atoms with van der Waals surface area (Å²) in [6.07, 6.45) is -0.341. The SMILES string of the molecule is CCO/C=C/c1cncc(Oc2c(C)c(C(=O)OCC)nn2C(C)(C)C)c1C(F)(F)F. The summed E-state index contributed by atoms with van der Waals surface area (Å²) in [6, 6.07) is 0. The van der Waals surface area contributed by atoms with Gasteiger partial charge in [-0.2, -0.15) is 18.3 Å². The number of esters is 1. The highest BCUT2D eigenvalue weighted by molar-refractivity contribution is 5.89. The molecule has 31 heavy (non-hydrogen) atoms. The Morgan fingerprint density at radius 2 is 1.84 bits per heavy atom. The van der Waals surface area contributed by atoms with Crippen molar-refractivity contribution in [3.05, 3.63) is 41.0 Å². The predicted octanol–water partition coefficient (Wildman–Crippen LogP) is 5.34. The molecule has 0 amide bonds. The molecule has 2 rings (SSSR count). The number of hydrogen-bond donors (Lipinski definition) is 0. The van der Waals surface area contributed by atoms with Crippen molar-refractivity contribution in [1.29, 1.82) is 0 Å². The molecule has 10 heteroatoms. The molecule has 0 aliphatic rings. The normalized spacial score (nSPS) is 12.3. The lowest BCUT2D eigenvalue weighted by molar-refractivity contribution is -0.138. The Morgan fingerprint density at radius 3 is 2.39 bits per heavy atom. The molecule has 0 bridgehead atoms. The number of rotatable bonds is 7. The van der Waals surface area contributed by atoms with Crippen LogP contribution in [0.3, 0.4) is 0 Å². The van der Waals surface area contributed by atoms with E-state index in [4.69, 9.17) is 14.2 Å². The number of nitrogens with zero attached hydrogens (tertiary/aromatic N) is 3. The smallest absolute Gasteiger partial charge is 0.420 e. The maximum absolute atomic E-state index is 13.9. The first-order valence-electron chi connectivity index (χ1n) is 9.70. The Kier molecular flexibility index (Phi) is 7.35. The predicted molar refractivity (Wildman–Crippen MR) is 108 cm³/mol. The van der Waals surface area contributed by atoms with Crippen LogP contribution in [-0.2, 0) is 21.2 Å². The third kappa shape index (κ3) is 5.56. The van der Waals surface area contributed by atoms with E-state index in [0.717, 1.165) is 12.4 Å². The molecule has 0 saturated carbocycles. The van der Waals surface area contributed by atoms with Crippen molar-refractivity contribution < 1.29 is 32.2 Å². The molecule has 2 aromatic heterocycles. The van der Waals surface area contributed by atoms with Gasteiger partial charge in [-0.1, -0.05) is 0 Å². The highest BCUT2D eigenvalue weighted by Crippen LogP contribution is 2.42. The summed E-state index contributed by atoms with van der Waals surface area (Å²) < 4.78 is 58.8. The van der Waals surface area contributed by atoms with Crippen molar-refractivity contribution in [3.63, 3.8) is 0 Å². The molecule has 2 heterocycles. The van der Waals surface area contributed by atoms with E-state index in [-0.39, 0.29) is 29.3 Å². The van der Waals surface area contributed by atoms with Crippen LogP contribution in [0.25, 0.3) is 6.08 Å². The second-order valence-electron chi connectivity index (χ2n) is 7.54. The number of aromatic nitrogens is 3. The van der Waals surface area contributed by atoms with Gasteiger partial charge in [-0.15, -0.1) is 0 Å². The maximum atomic E-state index is 13.9. The van der Waals surface area contributed by atoms with Gasteiger partial charge in [0.15, 0.2) is 11.4 Å². The highest BCUT2D eigenvalue weighted by Gasteiger charge is 2.38. The van der Waals surface area contributed by atoms with E-state index in [1.54, 1.807) is 34.6 Å². The minimum atomic E-state index is -4.73. The molecule has 0 saturated heterocycles. The molecule has 0 spiro atoms. The van der Waals surface area contributed by atoms with Crippen LogP contribution < -0.4 is 4.74 Å². The lowest BCUT2D eigenvalue weighted by Crippen LogP contribution is -2.24. The van der Waals surface area contributed by atoms with E-state index in [1.165, 1.54) is 23.9 Å². The summed E-state index contributed by atoms with van der Waals surface area (Å²) >= 11 is 0. The minimum Gasteiger partial charge on any atom is -0.501 e. The topological polar surface area (TPSA) is 75.5 Å². The van der Waals surface area contributed by atoms with Gasteiger partial charge in [0.2, 0.25) is 5.88 Å². The second kappa shape index (κ2) is 9.40. The molecule has 0 fully saturated rings. The average Bonchev–Trinajstić information content (AvgIpc) is 2.98. The van der Waals surface area contributed by atoms with Crippen molar-refractivity contribution in [1.82, 2.24) is 14.8 Å². The molecule has 2 aromatic rings. The maximum Gasteiger partial charge on any atom is 0.420 e. The van der Waals surface area contributed by atoms with Gasteiger partial charge in [-0.05, 0) is 47.6 Å². The van der Waals surface area contributed by atoms with Gasteiger partial charge in [0.25, 0.3) is 0 Å². The van der Waals surface area contributed by atoms with Crippen molar-refractivity contribution in [2.24, 2.45) is 0 Å². The Hall–Kier alpha value is -3.04. The van der Waals surface area contributed by atoms with Gasteiger partial charge in [-0.3, -0.25) is 4.98 Å². The van der Waals surface area contributed by atoms with Gasteiger partial charge in [0.1, 0.15) is 5.56 Å². The highest BCUT2D eigenvalue weighted by atomic mass is 19.4. The summed E-state index contributed by atoms with van der Waals surface area (Å²) in [5.41, 5.74) is -1.69. The molecule has 0 aliphatic heterocycles. The number of carbonyl (C=O) groups excluding carboxylic acids is 1. The fourth-order valence-corrected chi connectivity index (χ4v) is 2.73. The van der Waals surface area contributed by atoms with E-state index in [1.807, 2.05) is 0 Å². The second-order valence-corrected chi connectivity index (χ2v) is 7.54. The van der Waals surface area contributed by atoms with E-state index < -0.39 is 29.0 Å². The van der Waals surface area contributed by atoms with Crippen LogP contribution in [0.5, 0.6) is 11.6 Å². The standard InChI is InChI=1S/C21H26F3N3O4/c1-7-29-10-9-14-11-25-12-15(16(14)21(22,23)24)31-18-13(3)17(19(28)30-8-2)26-27(18)20(4,5)6/h9-12H,7-8H2,1-6H3/b10-9+. The van der Waals surface area contributed by atoms with Crippen molar-refractivity contribution in [2.45, 2.75) is 53.3 Å². The van der Waals surface area contributed by atoms with Crippen LogP contribution in [0.2, 0.25) is 0 Å². The van der Waals surface area contributed by atoms with Crippen LogP contribution in [0, 0.1) is 6.92 Å². The summed E-state index contributed by atoms with van der Waals surface area (Å²) in [5.74, 6) is -1.21.